The van der Waals surface area contributed by atoms with Crippen molar-refractivity contribution in [1.29, 1.82) is 0 Å². The number of nitrogens with zero attached hydrogens (tertiary/aromatic N) is 4. The minimum atomic E-state index is -0.692. The highest BCUT2D eigenvalue weighted by molar-refractivity contribution is 5.97. The average Bonchev–Trinajstić information content (AvgIpc) is 3.25. The molecule has 0 saturated carbocycles. The molecule has 30 heavy (non-hydrogen) atoms. The van der Waals surface area contributed by atoms with Crippen LogP contribution in [-0.2, 0) is 29.5 Å². The molecule has 3 rings (SSSR count). The summed E-state index contributed by atoms with van der Waals surface area (Å²) in [6, 6.07) is 5.05. The molecule has 0 saturated heterocycles. The van der Waals surface area contributed by atoms with E-state index in [2.05, 4.69) is 20.6 Å². The van der Waals surface area contributed by atoms with Crippen LogP contribution in [0, 0.1) is 5.41 Å². The van der Waals surface area contributed by atoms with E-state index in [0.717, 1.165) is 0 Å². The van der Waals surface area contributed by atoms with Gasteiger partial charge in [-0.25, -0.2) is 4.79 Å². The van der Waals surface area contributed by atoms with Crippen molar-refractivity contribution in [3.05, 3.63) is 46.1 Å². The Hall–Kier alpha value is -3.43. The average molecular weight is 414 g/mol. The van der Waals surface area contributed by atoms with E-state index in [9.17, 15) is 14.4 Å². The largest absolute Gasteiger partial charge is 0.466 e. The van der Waals surface area contributed by atoms with Crippen LogP contribution in [0.4, 0.5) is 0 Å². The van der Waals surface area contributed by atoms with E-state index in [1.807, 2.05) is 0 Å². The summed E-state index contributed by atoms with van der Waals surface area (Å²) in [4.78, 5) is 38.8. The fourth-order valence-corrected chi connectivity index (χ4v) is 3.13. The summed E-state index contributed by atoms with van der Waals surface area (Å²) < 4.78 is 8.17. The number of hydrogen-bond donors (Lipinski definition) is 2. The van der Waals surface area contributed by atoms with E-state index in [-0.39, 0.29) is 17.6 Å². The van der Waals surface area contributed by atoms with Crippen LogP contribution in [0.25, 0.3) is 11.0 Å². The first-order valence-electron chi connectivity index (χ1n) is 9.74. The van der Waals surface area contributed by atoms with Crippen molar-refractivity contribution in [2.45, 2.75) is 33.7 Å². The molecule has 0 spiro atoms. The van der Waals surface area contributed by atoms with Crippen LogP contribution in [0.5, 0.6) is 0 Å². The number of nitrogens with one attached hydrogen (secondary N) is 2. The summed E-state index contributed by atoms with van der Waals surface area (Å²) in [5, 5.41) is 11.0. The van der Waals surface area contributed by atoms with Crippen molar-refractivity contribution < 1.29 is 14.3 Å². The fourth-order valence-electron chi connectivity index (χ4n) is 3.13. The molecule has 0 radical (unpaired) electrons. The zero-order valence-corrected chi connectivity index (χ0v) is 17.6. The second-order valence-electron chi connectivity index (χ2n) is 7.73. The van der Waals surface area contributed by atoms with Crippen LogP contribution in [0.3, 0.4) is 0 Å². The minimum absolute atomic E-state index is 0.226. The molecular formula is C20H26N6O4. The van der Waals surface area contributed by atoms with Crippen molar-refractivity contribution >= 4 is 22.9 Å². The molecule has 10 nitrogen and oxygen atoms in total. The van der Waals surface area contributed by atoms with Gasteiger partial charge in [-0.05, 0) is 39.0 Å². The van der Waals surface area contributed by atoms with Crippen LogP contribution in [0.15, 0.2) is 29.2 Å². The van der Waals surface area contributed by atoms with E-state index in [1.165, 1.54) is 4.57 Å². The second kappa shape index (κ2) is 8.52. The number of imidazole rings is 1. The van der Waals surface area contributed by atoms with Crippen molar-refractivity contribution in [2.75, 3.05) is 13.2 Å². The predicted octanol–water partition coefficient (Wildman–Crippen LogP) is 1.02. The SMILES string of the molecule is CCOC(=O)C(C)(C)Cc1cn(CCNC(=O)c2ccc3[nH]c(=O)n(C)c3c2)nn1. The van der Waals surface area contributed by atoms with Crippen molar-refractivity contribution in [3.8, 4) is 0 Å². The van der Waals surface area contributed by atoms with Gasteiger partial charge in [0.1, 0.15) is 0 Å². The number of ether oxygens (including phenoxy) is 1. The van der Waals surface area contributed by atoms with E-state index in [4.69, 9.17) is 4.74 Å². The lowest BCUT2D eigenvalue weighted by atomic mass is 9.88. The van der Waals surface area contributed by atoms with Gasteiger partial charge in [-0.2, -0.15) is 0 Å². The van der Waals surface area contributed by atoms with Crippen LogP contribution in [0.1, 0.15) is 36.8 Å². The number of aromatic amines is 1. The number of benzene rings is 1. The molecule has 0 aliphatic heterocycles. The van der Waals surface area contributed by atoms with Crippen molar-refractivity contribution in [3.63, 3.8) is 0 Å². The van der Waals surface area contributed by atoms with E-state index in [1.54, 1.807) is 56.9 Å². The van der Waals surface area contributed by atoms with Gasteiger partial charge in [-0.3, -0.25) is 18.8 Å². The van der Waals surface area contributed by atoms with Gasteiger partial charge >= 0.3 is 11.7 Å². The van der Waals surface area contributed by atoms with E-state index in [0.29, 0.717) is 48.4 Å². The topological polar surface area (TPSA) is 124 Å². The standard InChI is InChI=1S/C20H26N6O4/c1-5-30-18(28)20(2,3)11-14-12-26(24-23-14)9-8-21-17(27)13-6-7-15-16(10-13)25(4)19(29)22-15/h6-7,10,12H,5,8-9,11H2,1-4H3,(H,21,27)(H,22,29). The van der Waals surface area contributed by atoms with Gasteiger partial charge in [-0.1, -0.05) is 5.21 Å². The Bertz CT molecular complexity index is 1120. The second-order valence-corrected chi connectivity index (χ2v) is 7.73. The number of esters is 1. The molecule has 0 aliphatic rings. The number of hydrogen-bond acceptors (Lipinski definition) is 6. The maximum Gasteiger partial charge on any atom is 0.326 e. The van der Waals surface area contributed by atoms with Crippen LogP contribution in [-0.4, -0.2) is 49.6 Å². The number of H-pyrrole nitrogens is 1. The maximum absolute atomic E-state index is 12.4. The van der Waals surface area contributed by atoms with Gasteiger partial charge in [0.05, 0.1) is 35.3 Å². The Labute approximate surface area is 173 Å². The molecular weight excluding hydrogens is 388 g/mol. The molecule has 1 amide bonds. The molecule has 3 aromatic rings. The molecule has 2 heterocycles. The summed E-state index contributed by atoms with van der Waals surface area (Å²) in [7, 11) is 1.65. The van der Waals surface area contributed by atoms with Crippen molar-refractivity contribution in [2.24, 2.45) is 12.5 Å². The van der Waals surface area contributed by atoms with Crippen LogP contribution < -0.4 is 11.0 Å². The Balaban J connectivity index is 1.55. The molecule has 0 aliphatic carbocycles. The lowest BCUT2D eigenvalue weighted by Gasteiger charge is -2.20. The summed E-state index contributed by atoms with van der Waals surface area (Å²) in [5.41, 5.74) is 1.57. The molecule has 0 bridgehead atoms. The highest BCUT2D eigenvalue weighted by Gasteiger charge is 2.30. The minimum Gasteiger partial charge on any atom is -0.466 e. The Morgan fingerprint density at radius 2 is 2.07 bits per heavy atom. The molecule has 0 fully saturated rings. The van der Waals surface area contributed by atoms with Gasteiger partial charge in [0.25, 0.3) is 5.91 Å². The van der Waals surface area contributed by atoms with Gasteiger partial charge < -0.3 is 15.0 Å². The molecule has 10 heteroatoms. The van der Waals surface area contributed by atoms with Gasteiger partial charge in [0, 0.05) is 31.8 Å². The molecule has 2 aromatic heterocycles. The van der Waals surface area contributed by atoms with Crippen LogP contribution in [0.2, 0.25) is 0 Å². The monoisotopic (exact) mass is 414 g/mol. The van der Waals surface area contributed by atoms with E-state index < -0.39 is 5.41 Å². The normalized spacial score (nSPS) is 11.6. The number of rotatable bonds is 8. The summed E-state index contributed by atoms with van der Waals surface area (Å²) in [6.07, 6.45) is 2.17. The molecule has 160 valence electrons. The van der Waals surface area contributed by atoms with Gasteiger partial charge in [-0.15, -0.1) is 5.10 Å². The first-order chi connectivity index (χ1) is 14.2. The maximum atomic E-state index is 12.4. The summed E-state index contributed by atoms with van der Waals surface area (Å²) in [6.45, 7) is 6.51. The number of carbonyl (C=O) groups excluding carboxylic acids is 2. The number of carbonyl (C=O) groups is 2. The lowest BCUT2D eigenvalue weighted by molar-refractivity contribution is -0.153. The van der Waals surface area contributed by atoms with Crippen molar-refractivity contribution in [1.82, 2.24) is 29.9 Å². The molecule has 0 unspecified atom stereocenters. The highest BCUT2D eigenvalue weighted by atomic mass is 16.5. The third-order valence-electron chi connectivity index (χ3n) is 4.83. The Morgan fingerprint density at radius 1 is 1.30 bits per heavy atom. The molecule has 1 aromatic carbocycles. The smallest absolute Gasteiger partial charge is 0.326 e. The predicted molar refractivity (Wildman–Crippen MR) is 110 cm³/mol. The zero-order valence-electron chi connectivity index (χ0n) is 17.6. The lowest BCUT2D eigenvalue weighted by Crippen LogP contribution is -2.29. The Kier molecular flexibility index (Phi) is 6.04. The number of aromatic nitrogens is 5. The summed E-state index contributed by atoms with van der Waals surface area (Å²) in [5.74, 6) is -0.516. The third kappa shape index (κ3) is 4.58. The highest BCUT2D eigenvalue weighted by Crippen LogP contribution is 2.22. The Morgan fingerprint density at radius 3 is 2.80 bits per heavy atom. The van der Waals surface area contributed by atoms with Crippen LogP contribution >= 0.6 is 0 Å². The number of fused-ring (bicyclic) bond motifs is 1. The fraction of sp³-hybridized carbons (Fsp3) is 0.450. The third-order valence-corrected chi connectivity index (χ3v) is 4.83. The first kappa shape index (κ1) is 21.3. The van der Waals surface area contributed by atoms with Gasteiger partial charge in [0.2, 0.25) is 0 Å². The molecule has 2 N–H and O–H groups in total. The number of amides is 1. The number of aryl methyl sites for hydroxylation is 1. The zero-order chi connectivity index (χ0) is 21.9. The quantitative estimate of drug-likeness (QED) is 0.531. The van der Waals surface area contributed by atoms with Gasteiger partial charge in [0.15, 0.2) is 0 Å². The molecule has 0 atom stereocenters. The van der Waals surface area contributed by atoms with E-state index >= 15 is 0 Å². The first-order valence-corrected chi connectivity index (χ1v) is 9.74. The summed E-state index contributed by atoms with van der Waals surface area (Å²) >= 11 is 0.